The number of piperidine rings is 1. The van der Waals surface area contributed by atoms with E-state index in [0.717, 1.165) is 52.6 Å². The second-order valence-electron chi connectivity index (χ2n) is 23.7. The molecule has 0 aliphatic carbocycles. The minimum atomic E-state index is -2.95. The number of nitrogens with one attached hydrogen (secondary N) is 4. The van der Waals surface area contributed by atoms with Crippen LogP contribution >= 0.6 is 34.4 Å². The number of thioether (sulfide) groups is 1. The van der Waals surface area contributed by atoms with Crippen LogP contribution in [-0.2, 0) is 44.8 Å². The Morgan fingerprint density at radius 3 is 1.92 bits per heavy atom. The number of carboxylic acids is 3. The van der Waals surface area contributed by atoms with Crippen LogP contribution < -0.4 is 26.0 Å². The fourth-order valence-electron chi connectivity index (χ4n) is 11.4. The minimum absolute atomic E-state index is 0.0781. The molecule has 3 aliphatic heterocycles. The quantitative estimate of drug-likeness (QED) is 0.0327. The van der Waals surface area contributed by atoms with Gasteiger partial charge in [0.15, 0.2) is 0 Å². The summed E-state index contributed by atoms with van der Waals surface area (Å²) >= 11 is 3.65. The third-order valence-electron chi connectivity index (χ3n) is 16.5. The minimum Gasteiger partial charge on any atom is -0.494 e. The third kappa shape index (κ3) is 27.4. The van der Waals surface area contributed by atoms with E-state index >= 15 is 0 Å². The number of fused-ring (bicyclic) bond motifs is 1. The molecule has 28 heteroatoms. The second kappa shape index (κ2) is 38.6. The average molecular weight is 1410 g/mol. The predicted molar refractivity (Wildman–Crippen MR) is 348 cm³/mol. The molecule has 6 amide bonds. The molecule has 7 N–H and O–H groups in total. The Hall–Kier alpha value is -6.34. The number of aromatic nitrogens is 1. The van der Waals surface area contributed by atoms with Gasteiger partial charge in [0.1, 0.15) is 11.8 Å². The summed E-state index contributed by atoms with van der Waals surface area (Å²) < 4.78 is 34.9. The van der Waals surface area contributed by atoms with Gasteiger partial charge in [-0.15, -0.1) is 0 Å². The first-order valence-electron chi connectivity index (χ1n) is 31.5. The van der Waals surface area contributed by atoms with Crippen LogP contribution in [0.25, 0.3) is 10.9 Å². The summed E-state index contributed by atoms with van der Waals surface area (Å²) in [6.45, 7) is 3.67. The highest BCUT2D eigenvalue weighted by atomic mass is 127. The van der Waals surface area contributed by atoms with Gasteiger partial charge in [0.25, 0.3) is 11.8 Å². The van der Waals surface area contributed by atoms with Crippen LogP contribution in [0.5, 0.6) is 5.75 Å². The number of benzene rings is 2. The lowest BCUT2D eigenvalue weighted by atomic mass is 9.91. The number of carbonyl (C=O) groups is 9. The van der Waals surface area contributed by atoms with E-state index < -0.39 is 79.1 Å². The van der Waals surface area contributed by atoms with Crippen LogP contribution in [0, 0.1) is 9.49 Å². The van der Waals surface area contributed by atoms with Crippen molar-refractivity contribution in [3.05, 3.63) is 69.4 Å². The second-order valence-corrected chi connectivity index (χ2v) is 26.1. The van der Waals surface area contributed by atoms with E-state index in [1.54, 1.807) is 44.7 Å². The van der Waals surface area contributed by atoms with Gasteiger partial charge < -0.3 is 51.1 Å². The van der Waals surface area contributed by atoms with Crippen molar-refractivity contribution in [1.82, 2.24) is 55.7 Å². The van der Waals surface area contributed by atoms with Gasteiger partial charge in [0.2, 0.25) is 29.5 Å². The summed E-state index contributed by atoms with van der Waals surface area (Å²) in [7, 11) is 0. The molecule has 4 heterocycles. The maximum absolute atomic E-state index is 13.9. The van der Waals surface area contributed by atoms with E-state index in [1.165, 1.54) is 24.0 Å². The summed E-state index contributed by atoms with van der Waals surface area (Å²) in [5.74, 6) is -6.37. The smallest absolute Gasteiger partial charge is 0.317 e. The molecule has 0 saturated carbocycles. The summed E-state index contributed by atoms with van der Waals surface area (Å²) in [4.78, 5) is 129. The Balaban J connectivity index is 0.907. The number of carboxylic acid groups (broad SMARTS) is 3. The number of nitrogens with zero attached hydrogens (tertiary/aromatic N) is 7. The van der Waals surface area contributed by atoms with Gasteiger partial charge in [-0.3, -0.25) is 67.7 Å². The molecule has 3 aliphatic rings. The van der Waals surface area contributed by atoms with E-state index in [1.807, 2.05) is 17.0 Å². The predicted octanol–water partition coefficient (Wildman–Crippen LogP) is 4.12. The van der Waals surface area contributed by atoms with Gasteiger partial charge in [-0.25, -0.2) is 8.78 Å². The van der Waals surface area contributed by atoms with Crippen molar-refractivity contribution in [2.45, 2.75) is 108 Å². The number of ether oxygens (including phenoxy) is 1. The van der Waals surface area contributed by atoms with Crippen molar-refractivity contribution in [3.8, 4) is 5.75 Å². The average Bonchev–Trinajstić information content (AvgIpc) is 1.97. The highest BCUT2D eigenvalue weighted by Gasteiger charge is 2.45. The number of carbonyl (C=O) groups excluding carboxylic acids is 6. The first-order chi connectivity index (χ1) is 43.6. The molecule has 91 heavy (non-hydrogen) atoms. The number of unbranched alkanes of at least 4 members (excludes halogenated alkanes) is 3. The zero-order valence-electron chi connectivity index (χ0n) is 52.1. The number of rotatable bonds is 34. The number of aryl methyl sites for hydroxylation is 1. The normalized spacial score (nSPS) is 17.7. The Bertz CT molecular complexity index is 2860. The van der Waals surface area contributed by atoms with Crippen LogP contribution in [-0.4, -0.2) is 257 Å². The maximum atomic E-state index is 13.9. The standard InChI is InChI=1S/C63H90F2IN11O13S/c1-45-37-63(64,65)44-77(45)57(81)38-70-61(88)50-18-22-67-52-17-16-49(36-51(50)52)90-34-6-4-8-47-19-24-76(25-20-47)56(80)11-3-2-5-21-69-62(89)53(43-91-35-23-68-54(78)10-7-9-46-12-14-48(66)15-13-46)71-55(79)39-72-26-28-73(40-58(82)83)30-32-75(42-60(86)87)33-31-74(29-27-72)41-59(84)85/h12-18,22,36,45,47,53H,2-11,19-21,23-35,37-44H2,1H3,(H,68,78)(H,69,89)(H,70,88)(H,71,79)(H,82,83)(H,84,85)(H,86,87)/t45-,53?/m0/s1. The molecular weight excluding hydrogens is 1320 g/mol. The maximum Gasteiger partial charge on any atom is 0.317 e. The van der Waals surface area contributed by atoms with Gasteiger partial charge in [-0.2, -0.15) is 11.8 Å². The summed E-state index contributed by atoms with van der Waals surface area (Å²) in [6.07, 6.45) is 9.76. The Labute approximate surface area is 548 Å². The number of hydrogen-bond donors (Lipinski definition) is 7. The molecule has 3 aromatic rings. The number of halogens is 3. The topological polar surface area (TPSA) is 304 Å². The van der Waals surface area contributed by atoms with E-state index in [0.29, 0.717) is 99.6 Å². The van der Waals surface area contributed by atoms with Crippen molar-refractivity contribution < 1.29 is 72.0 Å². The monoisotopic (exact) mass is 1410 g/mol. The van der Waals surface area contributed by atoms with Crippen LogP contribution in [0.15, 0.2) is 54.7 Å². The molecule has 2 atom stereocenters. The molecule has 24 nitrogen and oxygen atoms in total. The molecule has 3 saturated heterocycles. The van der Waals surface area contributed by atoms with Crippen molar-refractivity contribution in [3.63, 3.8) is 0 Å². The molecule has 1 unspecified atom stereocenters. The Kier molecular flexibility index (Phi) is 31.3. The lowest BCUT2D eigenvalue weighted by Crippen LogP contribution is -2.53. The van der Waals surface area contributed by atoms with Gasteiger partial charge in [-0.1, -0.05) is 25.0 Å². The van der Waals surface area contributed by atoms with Crippen molar-refractivity contribution in [2.24, 2.45) is 5.92 Å². The zero-order valence-corrected chi connectivity index (χ0v) is 55.0. The lowest BCUT2D eigenvalue weighted by Gasteiger charge is -2.33. The zero-order chi connectivity index (χ0) is 65.7. The van der Waals surface area contributed by atoms with Gasteiger partial charge in [-0.05, 0) is 129 Å². The van der Waals surface area contributed by atoms with Crippen molar-refractivity contribution >= 4 is 98.6 Å². The van der Waals surface area contributed by atoms with Crippen LogP contribution in [0.2, 0.25) is 0 Å². The van der Waals surface area contributed by atoms with Gasteiger partial charge in [0, 0.05) is 131 Å². The van der Waals surface area contributed by atoms with Crippen LogP contribution in [0.1, 0.15) is 99.9 Å². The first-order valence-corrected chi connectivity index (χ1v) is 33.8. The molecule has 6 rings (SSSR count). The van der Waals surface area contributed by atoms with E-state index in [4.69, 9.17) is 4.74 Å². The van der Waals surface area contributed by atoms with Crippen molar-refractivity contribution in [1.29, 1.82) is 0 Å². The summed E-state index contributed by atoms with van der Waals surface area (Å²) in [5, 5.41) is 40.7. The number of likely N-dealkylation sites (tertiary alicyclic amines) is 2. The molecule has 0 spiro atoms. The fraction of sp³-hybridized carbons (Fsp3) is 0.619. The molecule has 0 bridgehead atoms. The number of aliphatic carboxylic acids is 3. The van der Waals surface area contributed by atoms with Gasteiger partial charge in [0.05, 0.1) is 57.0 Å². The third-order valence-corrected chi connectivity index (χ3v) is 18.3. The molecule has 3 fully saturated rings. The number of pyridine rings is 1. The van der Waals surface area contributed by atoms with E-state index in [2.05, 4.69) is 61.0 Å². The molecule has 0 radical (unpaired) electrons. The lowest BCUT2D eigenvalue weighted by molar-refractivity contribution is -0.140. The summed E-state index contributed by atoms with van der Waals surface area (Å²) in [5.41, 5.74) is 2.00. The van der Waals surface area contributed by atoms with E-state index in [-0.39, 0.29) is 102 Å². The first kappa shape index (κ1) is 73.7. The Morgan fingerprint density at radius 2 is 1.32 bits per heavy atom. The number of hydrogen-bond acceptors (Lipinski definition) is 16. The van der Waals surface area contributed by atoms with Crippen LogP contribution in [0.3, 0.4) is 0 Å². The van der Waals surface area contributed by atoms with E-state index in [9.17, 15) is 67.3 Å². The molecule has 2 aromatic carbocycles. The molecular formula is C63H90F2IN11O13S. The summed E-state index contributed by atoms with van der Waals surface area (Å²) in [6, 6.07) is 13.4. The number of amides is 6. The highest BCUT2D eigenvalue weighted by Crippen LogP contribution is 2.32. The highest BCUT2D eigenvalue weighted by molar-refractivity contribution is 14.1. The largest absolute Gasteiger partial charge is 0.494 e. The SMILES string of the molecule is C[C@H]1CC(F)(F)CN1C(=O)CNC(=O)c1ccnc2ccc(OCCCCC3CCN(C(=O)CCCCCNC(=O)C(CSCCNC(=O)CCCc4ccc(I)cc4)NC(=O)CN4CCN(CC(=O)O)CCN(CC(=O)O)CCN(CC(=O)O)CC4)CC3)cc12. The molecule has 1 aromatic heterocycles. The number of alkyl halides is 2. The van der Waals surface area contributed by atoms with Gasteiger partial charge >= 0.3 is 17.9 Å². The van der Waals surface area contributed by atoms with Crippen LogP contribution in [0.4, 0.5) is 8.78 Å². The Morgan fingerprint density at radius 1 is 0.692 bits per heavy atom. The molecule has 502 valence electrons. The fourth-order valence-corrected chi connectivity index (χ4v) is 12.7. The van der Waals surface area contributed by atoms with Crippen molar-refractivity contribution in [2.75, 3.05) is 136 Å².